The predicted octanol–water partition coefficient (Wildman–Crippen LogP) is 0.291. The van der Waals surface area contributed by atoms with Gasteiger partial charge in [0.05, 0.1) is 0 Å². The fraction of sp³-hybridized carbons (Fsp3) is 0.571. The van der Waals surface area contributed by atoms with Gasteiger partial charge in [0.25, 0.3) is 11.5 Å². The molecular formula is C14H20N4O3. The first-order valence-corrected chi connectivity index (χ1v) is 7.24. The van der Waals surface area contributed by atoms with Crippen molar-refractivity contribution in [3.8, 4) is 0 Å². The summed E-state index contributed by atoms with van der Waals surface area (Å²) in [5.41, 5.74) is -0.0908. The minimum atomic E-state index is -0.330. The molecule has 2 N–H and O–H groups in total. The minimum absolute atomic E-state index is 0.0737. The van der Waals surface area contributed by atoms with Gasteiger partial charge in [-0.05, 0) is 25.3 Å². The van der Waals surface area contributed by atoms with Crippen LogP contribution in [0, 0.1) is 0 Å². The van der Waals surface area contributed by atoms with Crippen LogP contribution in [0.2, 0.25) is 0 Å². The van der Waals surface area contributed by atoms with Crippen LogP contribution < -0.4 is 10.9 Å². The van der Waals surface area contributed by atoms with E-state index in [0.717, 1.165) is 19.3 Å². The van der Waals surface area contributed by atoms with E-state index in [1.807, 2.05) is 6.92 Å². The van der Waals surface area contributed by atoms with Crippen LogP contribution in [0.15, 0.2) is 16.9 Å². The van der Waals surface area contributed by atoms with E-state index >= 15 is 0 Å². The Balaban J connectivity index is 1.86. The first-order valence-electron chi connectivity index (χ1n) is 7.24. The van der Waals surface area contributed by atoms with Crippen molar-refractivity contribution in [1.82, 2.24) is 20.4 Å². The molecule has 1 fully saturated rings. The summed E-state index contributed by atoms with van der Waals surface area (Å²) in [6.07, 6.45) is 2.86. The van der Waals surface area contributed by atoms with Crippen molar-refractivity contribution < 1.29 is 9.59 Å². The Morgan fingerprint density at radius 3 is 2.67 bits per heavy atom. The summed E-state index contributed by atoms with van der Waals surface area (Å²) in [6, 6.07) is 2.85. The molecule has 0 atom stereocenters. The third-order valence-electron chi connectivity index (χ3n) is 3.52. The highest BCUT2D eigenvalue weighted by Crippen LogP contribution is 2.13. The molecule has 7 heteroatoms. The van der Waals surface area contributed by atoms with Gasteiger partial charge in [-0.3, -0.25) is 14.4 Å². The summed E-state index contributed by atoms with van der Waals surface area (Å²) in [4.78, 5) is 36.4. The molecule has 1 aromatic heterocycles. The largest absolute Gasteiger partial charge is 0.353 e. The van der Waals surface area contributed by atoms with Gasteiger partial charge in [0, 0.05) is 31.6 Å². The number of hydrogen-bond acceptors (Lipinski definition) is 4. The predicted molar refractivity (Wildman–Crippen MR) is 76.8 cm³/mol. The fourth-order valence-electron chi connectivity index (χ4n) is 2.38. The van der Waals surface area contributed by atoms with Gasteiger partial charge in [-0.15, -0.1) is 0 Å². The fourth-order valence-corrected chi connectivity index (χ4v) is 2.38. The molecule has 0 aliphatic carbocycles. The van der Waals surface area contributed by atoms with Gasteiger partial charge in [-0.25, -0.2) is 5.10 Å². The maximum absolute atomic E-state index is 12.2. The number of hydrogen-bond donors (Lipinski definition) is 2. The van der Waals surface area contributed by atoms with E-state index in [-0.39, 0.29) is 29.1 Å². The zero-order valence-corrected chi connectivity index (χ0v) is 12.1. The standard InChI is InChI=1S/C14H20N4O3/c1-2-3-12(19)15-10-6-8-18(9-7-10)14(21)11-4-5-13(20)17-16-11/h4-5,10H,2-3,6-9H2,1H3,(H,15,19)(H,17,20). The Labute approximate surface area is 122 Å². The van der Waals surface area contributed by atoms with Gasteiger partial charge in [0.2, 0.25) is 5.91 Å². The van der Waals surface area contributed by atoms with E-state index < -0.39 is 0 Å². The highest BCUT2D eigenvalue weighted by atomic mass is 16.2. The maximum atomic E-state index is 12.2. The third-order valence-corrected chi connectivity index (χ3v) is 3.52. The van der Waals surface area contributed by atoms with Gasteiger partial charge >= 0.3 is 0 Å². The van der Waals surface area contributed by atoms with Gasteiger partial charge in [0.1, 0.15) is 5.69 Å². The number of carbonyl (C=O) groups is 2. The molecule has 1 aliphatic heterocycles. The molecule has 1 aliphatic rings. The smallest absolute Gasteiger partial charge is 0.274 e. The molecule has 2 amide bonds. The number of H-pyrrole nitrogens is 1. The van der Waals surface area contributed by atoms with Crippen molar-refractivity contribution >= 4 is 11.8 Å². The Morgan fingerprint density at radius 2 is 2.10 bits per heavy atom. The number of amides is 2. The average Bonchev–Trinajstić information content (AvgIpc) is 2.48. The molecule has 0 unspecified atom stereocenters. The molecule has 0 spiro atoms. The monoisotopic (exact) mass is 292 g/mol. The molecule has 114 valence electrons. The lowest BCUT2D eigenvalue weighted by molar-refractivity contribution is -0.122. The number of likely N-dealkylation sites (tertiary alicyclic amines) is 1. The normalized spacial score (nSPS) is 15.8. The van der Waals surface area contributed by atoms with Gasteiger partial charge in [-0.2, -0.15) is 5.10 Å². The second kappa shape index (κ2) is 7.01. The molecule has 0 saturated carbocycles. The summed E-state index contributed by atoms with van der Waals surface area (Å²) in [7, 11) is 0. The number of carbonyl (C=O) groups excluding carboxylic acids is 2. The first kappa shape index (κ1) is 15.2. The van der Waals surface area contributed by atoms with Gasteiger partial charge in [-0.1, -0.05) is 6.92 Å². The lowest BCUT2D eigenvalue weighted by Crippen LogP contribution is -2.46. The zero-order valence-electron chi connectivity index (χ0n) is 12.1. The number of aromatic nitrogens is 2. The summed E-state index contributed by atoms with van der Waals surface area (Å²) >= 11 is 0. The summed E-state index contributed by atoms with van der Waals surface area (Å²) in [5, 5.41) is 8.99. The molecule has 1 aromatic rings. The summed E-state index contributed by atoms with van der Waals surface area (Å²) < 4.78 is 0. The highest BCUT2D eigenvalue weighted by Gasteiger charge is 2.25. The molecule has 7 nitrogen and oxygen atoms in total. The van der Waals surface area contributed by atoms with Crippen LogP contribution in [0.25, 0.3) is 0 Å². The summed E-state index contributed by atoms with van der Waals surface area (Å²) in [5.74, 6) is -0.117. The van der Waals surface area contributed by atoms with Gasteiger partial charge < -0.3 is 10.2 Å². The van der Waals surface area contributed by atoms with E-state index in [1.54, 1.807) is 4.90 Å². The van der Waals surface area contributed by atoms with E-state index in [0.29, 0.717) is 19.5 Å². The van der Waals surface area contributed by atoms with Crippen molar-refractivity contribution in [3.05, 3.63) is 28.2 Å². The van der Waals surface area contributed by atoms with E-state index in [2.05, 4.69) is 15.5 Å². The van der Waals surface area contributed by atoms with Crippen LogP contribution >= 0.6 is 0 Å². The molecular weight excluding hydrogens is 272 g/mol. The lowest BCUT2D eigenvalue weighted by atomic mass is 10.0. The maximum Gasteiger partial charge on any atom is 0.274 e. The second-order valence-corrected chi connectivity index (χ2v) is 5.19. The SMILES string of the molecule is CCCC(=O)NC1CCN(C(=O)c2ccc(=O)[nH]n2)CC1. The Bertz CT molecular complexity index is 541. The van der Waals surface area contributed by atoms with Gasteiger partial charge in [0.15, 0.2) is 0 Å². The van der Waals surface area contributed by atoms with Crippen molar-refractivity contribution in [2.24, 2.45) is 0 Å². The molecule has 2 heterocycles. The van der Waals surface area contributed by atoms with Crippen LogP contribution in [-0.4, -0.2) is 46.0 Å². The van der Waals surface area contributed by atoms with Crippen molar-refractivity contribution in [3.63, 3.8) is 0 Å². The van der Waals surface area contributed by atoms with Crippen LogP contribution in [0.1, 0.15) is 43.1 Å². The van der Waals surface area contributed by atoms with Crippen LogP contribution in [0.5, 0.6) is 0 Å². The second-order valence-electron chi connectivity index (χ2n) is 5.19. The molecule has 0 bridgehead atoms. The van der Waals surface area contributed by atoms with E-state index in [9.17, 15) is 14.4 Å². The molecule has 0 aromatic carbocycles. The minimum Gasteiger partial charge on any atom is -0.353 e. The molecule has 21 heavy (non-hydrogen) atoms. The van der Waals surface area contributed by atoms with Crippen LogP contribution in [0.3, 0.4) is 0 Å². The van der Waals surface area contributed by atoms with Crippen molar-refractivity contribution in [2.75, 3.05) is 13.1 Å². The third kappa shape index (κ3) is 4.14. The molecule has 1 saturated heterocycles. The number of nitrogens with zero attached hydrogens (tertiary/aromatic N) is 2. The summed E-state index contributed by atoms with van der Waals surface area (Å²) in [6.45, 7) is 3.13. The van der Waals surface area contributed by atoms with Crippen molar-refractivity contribution in [1.29, 1.82) is 0 Å². The lowest BCUT2D eigenvalue weighted by Gasteiger charge is -2.32. The van der Waals surface area contributed by atoms with E-state index in [4.69, 9.17) is 0 Å². The Hall–Kier alpha value is -2.18. The zero-order chi connectivity index (χ0) is 15.2. The molecule has 0 radical (unpaired) electrons. The first-order chi connectivity index (χ1) is 10.1. The number of nitrogens with one attached hydrogen (secondary N) is 2. The number of piperidine rings is 1. The molecule has 2 rings (SSSR count). The van der Waals surface area contributed by atoms with Crippen molar-refractivity contribution in [2.45, 2.75) is 38.6 Å². The topological polar surface area (TPSA) is 95.2 Å². The number of aromatic amines is 1. The number of rotatable bonds is 4. The van der Waals surface area contributed by atoms with Crippen LogP contribution in [-0.2, 0) is 4.79 Å². The van der Waals surface area contributed by atoms with E-state index in [1.165, 1.54) is 12.1 Å². The Morgan fingerprint density at radius 1 is 1.38 bits per heavy atom. The highest BCUT2D eigenvalue weighted by molar-refractivity contribution is 5.92. The van der Waals surface area contributed by atoms with Crippen LogP contribution in [0.4, 0.5) is 0 Å². The average molecular weight is 292 g/mol. The quantitative estimate of drug-likeness (QED) is 0.834. The Kier molecular flexibility index (Phi) is 5.08.